The van der Waals surface area contributed by atoms with Crippen LogP contribution < -0.4 is 10.6 Å². The molecule has 0 aliphatic carbocycles. The summed E-state index contributed by atoms with van der Waals surface area (Å²) in [5.74, 6) is 1.81. The second kappa shape index (κ2) is 5.57. The number of thioether (sulfide) groups is 1. The van der Waals surface area contributed by atoms with Crippen molar-refractivity contribution in [1.29, 1.82) is 0 Å². The third-order valence-corrected chi connectivity index (χ3v) is 3.86. The van der Waals surface area contributed by atoms with E-state index in [4.69, 9.17) is 0 Å². The molecule has 0 spiro atoms. The van der Waals surface area contributed by atoms with Crippen LogP contribution >= 0.6 is 11.8 Å². The van der Waals surface area contributed by atoms with Crippen LogP contribution in [0.5, 0.6) is 0 Å². The Labute approximate surface area is 102 Å². The molecule has 4 nitrogen and oxygen atoms in total. The minimum absolute atomic E-state index is 0.0507. The molecule has 0 aromatic heterocycles. The molecule has 92 valence electrons. The van der Waals surface area contributed by atoms with Gasteiger partial charge in [-0.25, -0.2) is 0 Å². The second-order valence-electron chi connectivity index (χ2n) is 4.88. The van der Waals surface area contributed by atoms with E-state index in [2.05, 4.69) is 22.5 Å². The third-order valence-electron chi connectivity index (χ3n) is 2.57. The Bertz CT molecular complexity index is 289. The average Bonchev–Trinajstić information content (AvgIpc) is 2.27. The molecule has 1 atom stereocenters. The first-order valence-corrected chi connectivity index (χ1v) is 6.57. The largest absolute Gasteiger partial charge is 0.364 e. The fourth-order valence-electron chi connectivity index (χ4n) is 1.38. The maximum Gasteiger partial charge on any atom is 0.227 e. The Morgan fingerprint density at radius 2 is 2.31 bits per heavy atom. The fourth-order valence-corrected chi connectivity index (χ4v) is 2.27. The van der Waals surface area contributed by atoms with Gasteiger partial charge in [-0.05, 0) is 19.8 Å². The molecule has 1 rings (SSSR count). The molecule has 0 aromatic rings. The monoisotopic (exact) mass is 243 g/mol. The van der Waals surface area contributed by atoms with Crippen LogP contribution in [0.25, 0.3) is 0 Å². The van der Waals surface area contributed by atoms with Crippen LogP contribution in [0.1, 0.15) is 20.8 Å². The van der Waals surface area contributed by atoms with E-state index in [1.54, 1.807) is 18.8 Å². The molecule has 0 radical (unpaired) electrons. The Balaban J connectivity index is 2.42. The predicted octanol–water partition coefficient (Wildman–Crippen LogP) is 1.09. The van der Waals surface area contributed by atoms with E-state index < -0.39 is 5.41 Å². The first-order chi connectivity index (χ1) is 7.45. The van der Waals surface area contributed by atoms with Gasteiger partial charge in [-0.3, -0.25) is 9.79 Å². The summed E-state index contributed by atoms with van der Waals surface area (Å²) in [5, 5.41) is 6.89. The number of carbonyl (C=O) groups is 1. The molecule has 0 aromatic carbocycles. The third kappa shape index (κ3) is 3.70. The van der Waals surface area contributed by atoms with Crippen molar-refractivity contribution in [2.45, 2.75) is 20.8 Å². The van der Waals surface area contributed by atoms with E-state index in [1.807, 2.05) is 13.8 Å². The number of hydrogen-bond donors (Lipinski definition) is 2. The van der Waals surface area contributed by atoms with Gasteiger partial charge in [0, 0.05) is 25.9 Å². The first kappa shape index (κ1) is 13.4. The summed E-state index contributed by atoms with van der Waals surface area (Å²) in [6, 6.07) is 0. The molecule has 2 N–H and O–H groups in total. The van der Waals surface area contributed by atoms with Gasteiger partial charge in [0.05, 0.1) is 5.41 Å². The number of rotatable bonds is 3. The normalized spacial score (nSPS) is 21.2. The lowest BCUT2D eigenvalue weighted by Crippen LogP contribution is -2.43. The molecule has 0 bridgehead atoms. The van der Waals surface area contributed by atoms with Crippen molar-refractivity contribution in [3.05, 3.63) is 0 Å². The molecule has 16 heavy (non-hydrogen) atoms. The van der Waals surface area contributed by atoms with Gasteiger partial charge in [-0.1, -0.05) is 18.7 Å². The van der Waals surface area contributed by atoms with Crippen LogP contribution in [0.4, 0.5) is 0 Å². The highest BCUT2D eigenvalue weighted by Crippen LogP contribution is 2.18. The van der Waals surface area contributed by atoms with Crippen LogP contribution in [-0.4, -0.2) is 37.0 Å². The molecule has 5 heteroatoms. The molecular formula is C11H21N3OS. The smallest absolute Gasteiger partial charge is 0.227 e. The van der Waals surface area contributed by atoms with Crippen LogP contribution in [0, 0.1) is 11.3 Å². The topological polar surface area (TPSA) is 53.5 Å². The zero-order valence-corrected chi connectivity index (χ0v) is 11.3. The number of amidine groups is 1. The van der Waals surface area contributed by atoms with E-state index in [9.17, 15) is 4.79 Å². The maximum atomic E-state index is 11.6. The summed E-state index contributed by atoms with van der Waals surface area (Å²) in [5.41, 5.74) is -0.402. The molecular weight excluding hydrogens is 222 g/mol. The molecule has 1 aliphatic heterocycles. The zero-order chi connectivity index (χ0) is 12.2. The lowest BCUT2D eigenvalue weighted by molar-refractivity contribution is -0.128. The van der Waals surface area contributed by atoms with Crippen LogP contribution in [0.3, 0.4) is 0 Å². The zero-order valence-electron chi connectivity index (χ0n) is 10.5. The van der Waals surface area contributed by atoms with Crippen molar-refractivity contribution in [3.63, 3.8) is 0 Å². The number of carbonyl (C=O) groups excluding carboxylic acids is 1. The van der Waals surface area contributed by atoms with E-state index >= 15 is 0 Å². The highest BCUT2D eigenvalue weighted by atomic mass is 32.2. The SMILES string of the molecule is CNC(=O)C(C)(C)CNC1=NCC(C)CS1. The number of amides is 1. The Morgan fingerprint density at radius 1 is 1.62 bits per heavy atom. The summed E-state index contributed by atoms with van der Waals surface area (Å²) in [7, 11) is 1.67. The quantitative estimate of drug-likeness (QED) is 0.780. The van der Waals surface area contributed by atoms with Gasteiger partial charge >= 0.3 is 0 Å². The number of nitrogens with zero attached hydrogens (tertiary/aromatic N) is 1. The van der Waals surface area contributed by atoms with E-state index in [0.717, 1.165) is 17.5 Å². The van der Waals surface area contributed by atoms with Crippen molar-refractivity contribution in [3.8, 4) is 0 Å². The minimum atomic E-state index is -0.402. The Morgan fingerprint density at radius 3 is 2.81 bits per heavy atom. The highest BCUT2D eigenvalue weighted by molar-refractivity contribution is 8.13. The van der Waals surface area contributed by atoms with E-state index in [1.165, 1.54) is 0 Å². The lowest BCUT2D eigenvalue weighted by atomic mass is 9.92. The van der Waals surface area contributed by atoms with Gasteiger partial charge in [0.15, 0.2) is 5.17 Å². The molecule has 1 unspecified atom stereocenters. The van der Waals surface area contributed by atoms with Gasteiger partial charge in [0.1, 0.15) is 0 Å². The van der Waals surface area contributed by atoms with E-state index in [-0.39, 0.29) is 5.91 Å². The van der Waals surface area contributed by atoms with Crippen molar-refractivity contribution < 1.29 is 4.79 Å². The lowest BCUT2D eigenvalue weighted by Gasteiger charge is -2.25. The molecule has 1 amide bonds. The summed E-state index contributed by atoms with van der Waals surface area (Å²) < 4.78 is 0. The number of aliphatic imine (C=N–C) groups is 1. The van der Waals surface area contributed by atoms with Crippen molar-refractivity contribution in [2.75, 3.05) is 25.9 Å². The minimum Gasteiger partial charge on any atom is -0.364 e. The summed E-state index contributed by atoms with van der Waals surface area (Å²) >= 11 is 1.74. The average molecular weight is 243 g/mol. The molecule has 0 saturated carbocycles. The highest BCUT2D eigenvalue weighted by Gasteiger charge is 2.27. The second-order valence-corrected chi connectivity index (χ2v) is 5.89. The van der Waals surface area contributed by atoms with Gasteiger partial charge in [0.2, 0.25) is 5.91 Å². The molecule has 0 fully saturated rings. The van der Waals surface area contributed by atoms with Crippen LogP contribution in [0.15, 0.2) is 4.99 Å². The summed E-state index contributed by atoms with van der Waals surface area (Å²) in [6.45, 7) is 7.55. The standard InChI is InChI=1S/C11H21N3OS/c1-8-5-13-10(16-6-8)14-7-11(2,3)9(15)12-4/h8H,5-7H2,1-4H3,(H,12,15)(H,13,14). The first-order valence-electron chi connectivity index (χ1n) is 5.59. The van der Waals surface area contributed by atoms with Crippen molar-refractivity contribution in [2.24, 2.45) is 16.3 Å². The number of nitrogens with one attached hydrogen (secondary N) is 2. The van der Waals surface area contributed by atoms with Gasteiger partial charge in [-0.2, -0.15) is 0 Å². The maximum absolute atomic E-state index is 11.6. The van der Waals surface area contributed by atoms with Crippen molar-refractivity contribution in [1.82, 2.24) is 10.6 Å². The van der Waals surface area contributed by atoms with Crippen LogP contribution in [0.2, 0.25) is 0 Å². The fraction of sp³-hybridized carbons (Fsp3) is 0.818. The molecule has 1 heterocycles. The predicted molar refractivity (Wildman–Crippen MR) is 69.8 cm³/mol. The Hall–Kier alpha value is -0.710. The van der Waals surface area contributed by atoms with Gasteiger partial charge in [0.25, 0.3) is 0 Å². The summed E-state index contributed by atoms with van der Waals surface area (Å²) in [4.78, 5) is 16.0. The Kier molecular flexibility index (Phi) is 4.65. The van der Waals surface area contributed by atoms with Gasteiger partial charge in [-0.15, -0.1) is 0 Å². The van der Waals surface area contributed by atoms with Crippen molar-refractivity contribution >= 4 is 22.8 Å². The number of hydrogen-bond acceptors (Lipinski definition) is 4. The van der Waals surface area contributed by atoms with E-state index in [0.29, 0.717) is 12.5 Å². The van der Waals surface area contributed by atoms with Gasteiger partial charge < -0.3 is 10.6 Å². The summed E-state index contributed by atoms with van der Waals surface area (Å²) in [6.07, 6.45) is 0. The molecule has 1 aliphatic rings. The van der Waals surface area contributed by atoms with Crippen LogP contribution in [-0.2, 0) is 4.79 Å². The molecule has 0 saturated heterocycles.